The van der Waals surface area contributed by atoms with Crippen molar-refractivity contribution in [1.29, 1.82) is 0 Å². The number of anilines is 1. The molecule has 28 heavy (non-hydrogen) atoms. The number of sulfonamides is 1. The summed E-state index contributed by atoms with van der Waals surface area (Å²) >= 11 is 0. The van der Waals surface area contributed by atoms with Gasteiger partial charge >= 0.3 is 6.03 Å². The Hall–Kier alpha value is -3.11. The third-order valence-electron chi connectivity index (χ3n) is 4.08. The minimum absolute atomic E-state index is 0.152. The second-order valence-electron chi connectivity index (χ2n) is 6.21. The van der Waals surface area contributed by atoms with E-state index in [1.165, 1.54) is 12.1 Å². The summed E-state index contributed by atoms with van der Waals surface area (Å²) in [5, 5.41) is 1.88. The average molecular weight is 405 g/mol. The summed E-state index contributed by atoms with van der Waals surface area (Å²) in [6, 6.07) is 8.55. The van der Waals surface area contributed by atoms with Crippen LogP contribution in [-0.4, -0.2) is 27.0 Å². The number of rotatable bonds is 6. The van der Waals surface area contributed by atoms with Gasteiger partial charge in [-0.15, -0.1) is 0 Å². The van der Waals surface area contributed by atoms with Crippen molar-refractivity contribution in [3.63, 3.8) is 0 Å². The van der Waals surface area contributed by atoms with Crippen molar-refractivity contribution >= 4 is 27.6 Å². The van der Waals surface area contributed by atoms with Crippen molar-refractivity contribution in [2.75, 3.05) is 11.3 Å². The van der Waals surface area contributed by atoms with E-state index in [4.69, 9.17) is 15.2 Å². The number of primary amides is 1. The van der Waals surface area contributed by atoms with Gasteiger partial charge in [0.1, 0.15) is 5.75 Å². The molecule has 0 fully saturated rings. The lowest BCUT2D eigenvalue weighted by molar-refractivity contribution is -0.121. The zero-order valence-corrected chi connectivity index (χ0v) is 15.8. The zero-order chi connectivity index (χ0) is 20.3. The van der Waals surface area contributed by atoms with Crippen molar-refractivity contribution in [3.05, 3.63) is 53.1 Å². The van der Waals surface area contributed by atoms with E-state index in [2.05, 4.69) is 4.72 Å². The van der Waals surface area contributed by atoms with E-state index in [0.717, 1.165) is 11.1 Å². The monoisotopic (exact) mass is 405 g/mol. The maximum Gasteiger partial charge on any atom is 0.318 e. The van der Waals surface area contributed by atoms with E-state index in [0.29, 0.717) is 30.2 Å². The first-order chi connectivity index (χ1) is 13.2. The van der Waals surface area contributed by atoms with Gasteiger partial charge in [0.25, 0.3) is 15.9 Å². The molecule has 1 aliphatic rings. The molecule has 0 spiro atoms. The second-order valence-corrected chi connectivity index (χ2v) is 7.89. The Balaban J connectivity index is 1.70. The first-order valence-corrected chi connectivity index (χ1v) is 9.78. The van der Waals surface area contributed by atoms with Crippen LogP contribution in [-0.2, 0) is 32.8 Å². The van der Waals surface area contributed by atoms with Gasteiger partial charge in [-0.05, 0) is 53.9 Å². The molecule has 0 saturated heterocycles. The minimum Gasteiger partial charge on any atom is -0.484 e. The van der Waals surface area contributed by atoms with E-state index < -0.39 is 28.6 Å². The normalized spacial score (nSPS) is 12.9. The van der Waals surface area contributed by atoms with Gasteiger partial charge in [0.2, 0.25) is 0 Å². The Morgan fingerprint density at radius 3 is 2.61 bits per heavy atom. The Bertz CT molecular complexity index is 1040. The molecule has 3 amide bonds. The van der Waals surface area contributed by atoms with E-state index >= 15 is 0 Å². The highest BCUT2D eigenvalue weighted by Crippen LogP contribution is 2.27. The van der Waals surface area contributed by atoms with Crippen LogP contribution in [0.3, 0.4) is 0 Å². The topological polar surface area (TPSA) is 137 Å². The number of imide groups is 1. The number of amides is 3. The van der Waals surface area contributed by atoms with Crippen LogP contribution in [0.2, 0.25) is 0 Å². The number of aryl methyl sites for hydroxylation is 1. The molecule has 0 radical (unpaired) electrons. The van der Waals surface area contributed by atoms with Crippen molar-refractivity contribution in [2.45, 2.75) is 25.0 Å². The fraction of sp³-hybridized carbons (Fsp3) is 0.222. The molecule has 0 aromatic heterocycles. The summed E-state index contributed by atoms with van der Waals surface area (Å²) in [5.74, 6) is -0.342. The summed E-state index contributed by atoms with van der Waals surface area (Å²) in [6.07, 6.45) is 0. The van der Waals surface area contributed by atoms with Gasteiger partial charge in [-0.2, -0.15) is 0 Å². The summed E-state index contributed by atoms with van der Waals surface area (Å²) in [7, 11) is -3.77. The van der Waals surface area contributed by atoms with Gasteiger partial charge in [0.05, 0.1) is 23.8 Å². The summed E-state index contributed by atoms with van der Waals surface area (Å²) in [5.41, 5.74) is 7.66. The Kier molecular flexibility index (Phi) is 5.52. The molecule has 1 aliphatic heterocycles. The number of urea groups is 1. The second kappa shape index (κ2) is 7.87. The number of hydrogen-bond donors (Lipinski definition) is 3. The molecular formula is C18H19N3O6S. The maximum atomic E-state index is 12.7. The predicted molar refractivity (Wildman–Crippen MR) is 100 cm³/mol. The highest BCUT2D eigenvalue weighted by Gasteiger charge is 2.19. The molecule has 4 N–H and O–H groups in total. The molecule has 0 saturated carbocycles. The van der Waals surface area contributed by atoms with E-state index in [1.54, 1.807) is 31.2 Å². The first-order valence-electron chi connectivity index (χ1n) is 8.30. The van der Waals surface area contributed by atoms with Crippen molar-refractivity contribution < 1.29 is 27.5 Å². The Morgan fingerprint density at radius 2 is 1.89 bits per heavy atom. The number of hydrogen-bond acceptors (Lipinski definition) is 6. The quantitative estimate of drug-likeness (QED) is 0.664. The summed E-state index contributed by atoms with van der Waals surface area (Å²) < 4.78 is 38.5. The van der Waals surface area contributed by atoms with Gasteiger partial charge in [-0.3, -0.25) is 14.8 Å². The lowest BCUT2D eigenvalue weighted by Crippen LogP contribution is -2.38. The number of nitrogens with two attached hydrogens (primary N) is 1. The molecule has 10 heteroatoms. The third kappa shape index (κ3) is 4.59. The lowest BCUT2D eigenvalue weighted by Gasteiger charge is -2.13. The number of nitrogens with one attached hydrogen (secondary N) is 2. The Labute approximate surface area is 161 Å². The SMILES string of the molecule is Cc1cc(OCC(=O)NC(N)=O)ccc1NS(=O)(=O)c1ccc2c(c1)COC2. The fourth-order valence-corrected chi connectivity index (χ4v) is 3.86. The first kappa shape index (κ1) is 19.6. The molecule has 0 atom stereocenters. The molecule has 0 unspecified atom stereocenters. The molecule has 0 bridgehead atoms. The summed E-state index contributed by atoms with van der Waals surface area (Å²) in [4.78, 5) is 22.1. The number of ether oxygens (including phenoxy) is 2. The number of carbonyl (C=O) groups is 2. The number of fused-ring (bicyclic) bond motifs is 1. The Morgan fingerprint density at radius 1 is 1.14 bits per heavy atom. The van der Waals surface area contributed by atoms with Crippen molar-refractivity contribution in [2.24, 2.45) is 5.73 Å². The molecule has 2 aromatic carbocycles. The van der Waals surface area contributed by atoms with Crippen LogP contribution < -0.4 is 20.5 Å². The van der Waals surface area contributed by atoms with E-state index in [9.17, 15) is 18.0 Å². The molecule has 1 heterocycles. The highest BCUT2D eigenvalue weighted by atomic mass is 32.2. The van der Waals surface area contributed by atoms with E-state index in [1.807, 2.05) is 5.32 Å². The van der Waals surface area contributed by atoms with Gasteiger partial charge in [0.15, 0.2) is 6.61 Å². The van der Waals surface area contributed by atoms with E-state index in [-0.39, 0.29) is 4.90 Å². The minimum atomic E-state index is -3.77. The fourth-order valence-electron chi connectivity index (χ4n) is 2.68. The number of benzene rings is 2. The molecule has 0 aliphatic carbocycles. The van der Waals surface area contributed by atoms with Crippen LogP contribution in [0, 0.1) is 6.92 Å². The smallest absolute Gasteiger partial charge is 0.318 e. The van der Waals surface area contributed by atoms with Crippen LogP contribution in [0.5, 0.6) is 5.75 Å². The van der Waals surface area contributed by atoms with Crippen LogP contribution in [0.1, 0.15) is 16.7 Å². The molecular weight excluding hydrogens is 386 g/mol. The van der Waals surface area contributed by atoms with Gasteiger partial charge < -0.3 is 15.2 Å². The average Bonchev–Trinajstić information content (AvgIpc) is 3.09. The molecule has 9 nitrogen and oxygen atoms in total. The van der Waals surface area contributed by atoms with Crippen LogP contribution >= 0.6 is 0 Å². The van der Waals surface area contributed by atoms with Crippen LogP contribution in [0.4, 0.5) is 10.5 Å². The number of carbonyl (C=O) groups excluding carboxylic acids is 2. The van der Waals surface area contributed by atoms with Gasteiger partial charge in [-0.25, -0.2) is 13.2 Å². The predicted octanol–water partition coefficient (Wildman–Crippen LogP) is 1.40. The molecule has 3 rings (SSSR count). The third-order valence-corrected chi connectivity index (χ3v) is 5.44. The largest absolute Gasteiger partial charge is 0.484 e. The van der Waals surface area contributed by atoms with Gasteiger partial charge in [0, 0.05) is 0 Å². The summed E-state index contributed by atoms with van der Waals surface area (Å²) in [6.45, 7) is 2.18. The van der Waals surface area contributed by atoms with Crippen molar-refractivity contribution in [1.82, 2.24) is 5.32 Å². The van der Waals surface area contributed by atoms with Gasteiger partial charge in [-0.1, -0.05) is 6.07 Å². The van der Waals surface area contributed by atoms with Crippen molar-refractivity contribution in [3.8, 4) is 5.75 Å². The van der Waals surface area contributed by atoms with Crippen LogP contribution in [0.25, 0.3) is 0 Å². The lowest BCUT2D eigenvalue weighted by atomic mass is 10.1. The van der Waals surface area contributed by atoms with Crippen LogP contribution in [0.15, 0.2) is 41.3 Å². The maximum absolute atomic E-state index is 12.7. The highest BCUT2D eigenvalue weighted by molar-refractivity contribution is 7.92. The standard InChI is InChI=1S/C18H19N3O6S/c1-11-6-14(27-10-17(22)20-18(19)23)3-5-16(11)21-28(24,25)15-4-2-12-8-26-9-13(12)7-15/h2-7,21H,8-10H2,1H3,(H3,19,20,22,23). The molecule has 2 aromatic rings. The zero-order valence-electron chi connectivity index (χ0n) is 15.0. The molecule has 148 valence electrons.